The van der Waals surface area contributed by atoms with Crippen molar-refractivity contribution in [2.75, 3.05) is 12.3 Å². The molecule has 13 heteroatoms. The number of aryl methyl sites for hydroxylation is 1. The van der Waals surface area contributed by atoms with Crippen LogP contribution >= 0.6 is 0 Å². The number of aromatic nitrogens is 5. The van der Waals surface area contributed by atoms with E-state index in [-0.39, 0.29) is 24.2 Å². The first-order chi connectivity index (χ1) is 15.8. The molecule has 0 saturated carbocycles. The van der Waals surface area contributed by atoms with Gasteiger partial charge in [0, 0.05) is 44.0 Å². The van der Waals surface area contributed by atoms with Crippen LogP contribution in [0.2, 0.25) is 0 Å². The lowest BCUT2D eigenvalue weighted by Gasteiger charge is -2.25. The van der Waals surface area contributed by atoms with Gasteiger partial charge in [0.15, 0.2) is 12.3 Å². The minimum absolute atomic E-state index is 0.145. The summed E-state index contributed by atoms with van der Waals surface area (Å²) in [5.41, 5.74) is 7.71. The highest BCUT2D eigenvalue weighted by atomic mass is 16.6. The summed E-state index contributed by atoms with van der Waals surface area (Å²) in [5.74, 6) is -0.535. The van der Waals surface area contributed by atoms with Crippen LogP contribution < -0.4 is 16.4 Å². The molecule has 2 fully saturated rings. The molecule has 5 heterocycles. The van der Waals surface area contributed by atoms with Crippen molar-refractivity contribution in [1.82, 2.24) is 34.9 Å². The Labute approximate surface area is 187 Å². The number of aliphatic hydroxyl groups is 2. The van der Waals surface area contributed by atoms with Crippen molar-refractivity contribution in [3.63, 3.8) is 0 Å². The van der Waals surface area contributed by atoms with Crippen LogP contribution in [-0.4, -0.2) is 77.2 Å². The zero-order chi connectivity index (χ0) is 23.3. The maximum Gasteiger partial charge on any atom is 0.252 e. The standard InChI is InChI=1S/C20H24N8O5/c1-27-5-3-11(26-27)10-7-28(18-13(10)17(21)23-8-24-18)20-15(31)14(30)16(33-20)19(32)25-9-2-4-22-12(29)6-9/h3,5,7-9,14-16,20,30-31H,2,4,6H2,1H3,(H,22,29)(H,25,32)(H2,21,23,24)/t9?,14-,15+,16-,20+/m0/s1. The smallest absolute Gasteiger partial charge is 0.252 e. The summed E-state index contributed by atoms with van der Waals surface area (Å²) < 4.78 is 8.98. The average molecular weight is 456 g/mol. The number of carbonyl (C=O) groups is 2. The predicted molar refractivity (Wildman–Crippen MR) is 114 cm³/mol. The van der Waals surface area contributed by atoms with Crippen LogP contribution in [0.3, 0.4) is 0 Å². The quantitative estimate of drug-likeness (QED) is 0.309. The molecule has 0 aliphatic carbocycles. The largest absolute Gasteiger partial charge is 0.387 e. The number of nitrogens with zero attached hydrogens (tertiary/aromatic N) is 5. The summed E-state index contributed by atoms with van der Waals surface area (Å²) in [6.07, 6.45) is 0.0851. The molecular formula is C20H24N8O5. The Bertz CT molecular complexity index is 1220. The fourth-order valence-electron chi connectivity index (χ4n) is 4.35. The molecule has 5 rings (SSSR count). The number of anilines is 1. The zero-order valence-corrected chi connectivity index (χ0v) is 17.8. The van der Waals surface area contributed by atoms with Gasteiger partial charge < -0.3 is 35.9 Å². The first-order valence-electron chi connectivity index (χ1n) is 10.5. The van der Waals surface area contributed by atoms with Gasteiger partial charge in [-0.25, -0.2) is 9.97 Å². The molecule has 5 atom stereocenters. The van der Waals surface area contributed by atoms with E-state index >= 15 is 0 Å². The van der Waals surface area contributed by atoms with E-state index in [1.807, 2.05) is 0 Å². The van der Waals surface area contributed by atoms with E-state index in [0.717, 1.165) is 0 Å². The molecule has 33 heavy (non-hydrogen) atoms. The van der Waals surface area contributed by atoms with E-state index in [1.165, 1.54) is 10.9 Å². The number of hydrogen-bond donors (Lipinski definition) is 5. The van der Waals surface area contributed by atoms with Crippen LogP contribution in [0.25, 0.3) is 22.3 Å². The number of carbonyl (C=O) groups excluding carboxylic acids is 2. The Kier molecular flexibility index (Phi) is 5.23. The SMILES string of the molecule is Cn1ccc(-c2cn([C@@H]3O[C@H](C(=O)NC4CCNC(=O)C4)[C@@H](O)[C@H]3O)c3ncnc(N)c23)n1. The second-order valence-electron chi connectivity index (χ2n) is 8.26. The number of nitrogens with one attached hydrogen (secondary N) is 2. The van der Waals surface area contributed by atoms with E-state index in [1.54, 1.807) is 30.2 Å². The van der Waals surface area contributed by atoms with Gasteiger partial charge in [-0.05, 0) is 12.5 Å². The maximum atomic E-state index is 12.8. The van der Waals surface area contributed by atoms with Gasteiger partial charge in [0.05, 0.1) is 11.1 Å². The molecule has 6 N–H and O–H groups in total. The summed E-state index contributed by atoms with van der Waals surface area (Å²) >= 11 is 0. The summed E-state index contributed by atoms with van der Waals surface area (Å²) in [6.45, 7) is 0.454. The number of aliphatic hydroxyl groups excluding tert-OH is 2. The Morgan fingerprint density at radius 2 is 2.15 bits per heavy atom. The lowest BCUT2D eigenvalue weighted by atomic mass is 10.0. The van der Waals surface area contributed by atoms with Crippen molar-refractivity contribution in [2.45, 2.75) is 43.4 Å². The molecule has 2 amide bonds. The molecule has 0 aromatic carbocycles. The van der Waals surface area contributed by atoms with Crippen molar-refractivity contribution in [3.8, 4) is 11.3 Å². The van der Waals surface area contributed by atoms with E-state index in [9.17, 15) is 19.8 Å². The van der Waals surface area contributed by atoms with Crippen molar-refractivity contribution in [2.24, 2.45) is 7.05 Å². The monoisotopic (exact) mass is 456 g/mol. The Balaban J connectivity index is 1.46. The van der Waals surface area contributed by atoms with Crippen LogP contribution in [-0.2, 0) is 21.4 Å². The highest BCUT2D eigenvalue weighted by molar-refractivity contribution is 5.99. The maximum absolute atomic E-state index is 12.8. The molecule has 3 aromatic rings. The van der Waals surface area contributed by atoms with E-state index in [4.69, 9.17) is 10.5 Å². The van der Waals surface area contributed by atoms with E-state index in [0.29, 0.717) is 35.3 Å². The Morgan fingerprint density at radius 1 is 1.33 bits per heavy atom. The fraction of sp³-hybridized carbons (Fsp3) is 0.450. The second-order valence-corrected chi connectivity index (χ2v) is 8.26. The summed E-state index contributed by atoms with van der Waals surface area (Å²) in [6, 6.07) is 1.43. The number of nitrogens with two attached hydrogens (primary N) is 1. The van der Waals surface area contributed by atoms with Gasteiger partial charge in [-0.2, -0.15) is 5.10 Å². The van der Waals surface area contributed by atoms with Crippen molar-refractivity contribution in [1.29, 1.82) is 0 Å². The summed E-state index contributed by atoms with van der Waals surface area (Å²) in [5, 5.41) is 31.7. The van der Waals surface area contributed by atoms with Crippen LogP contribution in [0, 0.1) is 0 Å². The summed E-state index contributed by atoms with van der Waals surface area (Å²) in [4.78, 5) is 32.7. The van der Waals surface area contributed by atoms with Crippen LogP contribution in [0.4, 0.5) is 5.82 Å². The number of rotatable bonds is 4. The van der Waals surface area contributed by atoms with Crippen molar-refractivity contribution >= 4 is 28.7 Å². The molecule has 0 bridgehead atoms. The third-order valence-electron chi connectivity index (χ3n) is 5.99. The Hall–Kier alpha value is -3.55. The van der Waals surface area contributed by atoms with E-state index in [2.05, 4.69) is 25.7 Å². The molecule has 2 aliphatic heterocycles. The first-order valence-corrected chi connectivity index (χ1v) is 10.5. The molecular weight excluding hydrogens is 432 g/mol. The van der Waals surface area contributed by atoms with Gasteiger partial charge in [0.2, 0.25) is 5.91 Å². The molecule has 13 nitrogen and oxygen atoms in total. The van der Waals surface area contributed by atoms with Gasteiger partial charge in [-0.15, -0.1) is 0 Å². The third-order valence-corrected chi connectivity index (χ3v) is 5.99. The number of hydrogen-bond acceptors (Lipinski definition) is 9. The number of ether oxygens (including phenoxy) is 1. The molecule has 0 spiro atoms. The lowest BCUT2D eigenvalue weighted by molar-refractivity contribution is -0.138. The van der Waals surface area contributed by atoms with E-state index < -0.39 is 30.4 Å². The highest BCUT2D eigenvalue weighted by Gasteiger charge is 2.48. The fourth-order valence-corrected chi connectivity index (χ4v) is 4.35. The van der Waals surface area contributed by atoms with Gasteiger partial charge in [0.25, 0.3) is 5.91 Å². The predicted octanol–water partition coefficient (Wildman–Crippen LogP) is -1.57. The highest BCUT2D eigenvalue weighted by Crippen LogP contribution is 2.38. The second kappa shape index (κ2) is 8.10. The van der Waals surface area contributed by atoms with Gasteiger partial charge >= 0.3 is 0 Å². The van der Waals surface area contributed by atoms with Crippen molar-refractivity contribution < 1.29 is 24.5 Å². The normalized spacial score (nSPS) is 27.6. The number of piperidine rings is 1. The third kappa shape index (κ3) is 3.69. The molecule has 1 unspecified atom stereocenters. The lowest BCUT2D eigenvalue weighted by Crippen LogP contribution is -2.50. The summed E-state index contributed by atoms with van der Waals surface area (Å²) in [7, 11) is 1.78. The first kappa shape index (κ1) is 21.3. The molecule has 2 aliphatic rings. The van der Waals surface area contributed by atoms with Crippen LogP contribution in [0.15, 0.2) is 24.8 Å². The molecule has 3 aromatic heterocycles. The topological polar surface area (TPSA) is 182 Å². The van der Waals surface area contributed by atoms with Gasteiger partial charge in [0.1, 0.15) is 30.0 Å². The van der Waals surface area contributed by atoms with Gasteiger partial charge in [-0.3, -0.25) is 14.3 Å². The van der Waals surface area contributed by atoms with Crippen LogP contribution in [0.5, 0.6) is 0 Å². The zero-order valence-electron chi connectivity index (χ0n) is 17.8. The number of nitrogen functional groups attached to an aromatic ring is 1. The molecule has 174 valence electrons. The number of fused-ring (bicyclic) bond motifs is 1. The Morgan fingerprint density at radius 3 is 2.88 bits per heavy atom. The van der Waals surface area contributed by atoms with Gasteiger partial charge in [-0.1, -0.05) is 0 Å². The van der Waals surface area contributed by atoms with Crippen molar-refractivity contribution in [3.05, 3.63) is 24.8 Å². The molecule has 0 radical (unpaired) electrons. The molecule has 2 saturated heterocycles. The number of amides is 2. The average Bonchev–Trinajstić information content (AvgIpc) is 3.45. The minimum atomic E-state index is -1.48. The minimum Gasteiger partial charge on any atom is -0.387 e. The van der Waals surface area contributed by atoms with Crippen LogP contribution in [0.1, 0.15) is 19.1 Å².